The Hall–Kier alpha value is -0.570. The number of hydrogen-bond donors (Lipinski definition) is 1. The van der Waals surface area contributed by atoms with Gasteiger partial charge in [0.05, 0.1) is 5.54 Å². The van der Waals surface area contributed by atoms with Gasteiger partial charge in [-0.1, -0.05) is 32.1 Å². The first-order valence-corrected chi connectivity index (χ1v) is 8.22. The van der Waals surface area contributed by atoms with Gasteiger partial charge in [0.25, 0.3) is 0 Å². The summed E-state index contributed by atoms with van der Waals surface area (Å²) in [6.07, 6.45) is 13.3. The van der Waals surface area contributed by atoms with Crippen molar-refractivity contribution < 1.29 is 4.79 Å². The van der Waals surface area contributed by atoms with Crippen LogP contribution < -0.4 is 5.73 Å². The summed E-state index contributed by atoms with van der Waals surface area (Å²) in [5, 5.41) is 0. The average Bonchev–Trinajstić information content (AvgIpc) is 2.87. The van der Waals surface area contributed by atoms with Gasteiger partial charge >= 0.3 is 0 Å². The Morgan fingerprint density at radius 2 is 1.42 bits per heavy atom. The van der Waals surface area contributed by atoms with Gasteiger partial charge in [0, 0.05) is 13.1 Å². The molecule has 2 saturated carbocycles. The Labute approximate surface area is 116 Å². The van der Waals surface area contributed by atoms with Crippen molar-refractivity contribution in [3.8, 4) is 0 Å². The molecule has 0 aromatic carbocycles. The minimum atomic E-state index is -0.521. The van der Waals surface area contributed by atoms with Crippen molar-refractivity contribution in [2.45, 2.75) is 76.2 Å². The van der Waals surface area contributed by atoms with Crippen molar-refractivity contribution in [1.29, 1.82) is 0 Å². The van der Waals surface area contributed by atoms with Crippen LogP contribution in [0.1, 0.15) is 70.6 Å². The van der Waals surface area contributed by atoms with Crippen LogP contribution in [0.5, 0.6) is 0 Å². The van der Waals surface area contributed by atoms with Crippen molar-refractivity contribution in [1.82, 2.24) is 4.90 Å². The van der Waals surface area contributed by atoms with Crippen molar-refractivity contribution in [3.05, 3.63) is 0 Å². The summed E-state index contributed by atoms with van der Waals surface area (Å²) in [6, 6.07) is 0. The van der Waals surface area contributed by atoms with Crippen LogP contribution >= 0.6 is 0 Å². The smallest absolute Gasteiger partial charge is 0.242 e. The molecule has 0 radical (unpaired) electrons. The maximum absolute atomic E-state index is 12.7. The van der Waals surface area contributed by atoms with Crippen LogP contribution in [-0.4, -0.2) is 29.4 Å². The molecule has 3 nitrogen and oxygen atoms in total. The predicted octanol–water partition coefficient (Wildman–Crippen LogP) is 2.83. The molecule has 2 aliphatic carbocycles. The number of nitrogens with zero attached hydrogens (tertiary/aromatic N) is 1. The van der Waals surface area contributed by atoms with E-state index < -0.39 is 5.54 Å². The van der Waals surface area contributed by atoms with Crippen LogP contribution in [0.15, 0.2) is 0 Å². The Bertz CT molecular complexity index is 335. The van der Waals surface area contributed by atoms with Gasteiger partial charge in [0.1, 0.15) is 0 Å². The molecule has 0 bridgehead atoms. The topological polar surface area (TPSA) is 46.3 Å². The standard InChI is InChI=1S/C16H28N2O/c17-16(10-4-5-11-16)14(19)18-12-6-9-15(13-18)7-2-1-3-8-15/h1-13,17H2. The lowest BCUT2D eigenvalue weighted by Gasteiger charge is -2.47. The fraction of sp³-hybridized carbons (Fsp3) is 0.938. The van der Waals surface area contributed by atoms with Gasteiger partial charge in [-0.3, -0.25) is 4.79 Å². The zero-order valence-corrected chi connectivity index (χ0v) is 12.1. The number of likely N-dealkylation sites (tertiary alicyclic amines) is 1. The molecule has 3 rings (SSSR count). The van der Waals surface area contributed by atoms with E-state index in [0.29, 0.717) is 5.41 Å². The monoisotopic (exact) mass is 264 g/mol. The summed E-state index contributed by atoms with van der Waals surface area (Å²) in [5.41, 5.74) is 6.29. The molecule has 0 unspecified atom stereocenters. The fourth-order valence-electron chi connectivity index (χ4n) is 4.63. The van der Waals surface area contributed by atoms with Crippen LogP contribution in [0.3, 0.4) is 0 Å². The first-order valence-electron chi connectivity index (χ1n) is 8.22. The molecular weight excluding hydrogens is 236 g/mol. The molecule has 3 aliphatic rings. The zero-order valence-electron chi connectivity index (χ0n) is 12.1. The molecule has 19 heavy (non-hydrogen) atoms. The van der Waals surface area contributed by atoms with E-state index in [0.717, 1.165) is 38.8 Å². The van der Waals surface area contributed by atoms with E-state index in [1.807, 2.05) is 0 Å². The lowest BCUT2D eigenvalue weighted by atomic mass is 9.69. The van der Waals surface area contributed by atoms with Gasteiger partial charge in [-0.15, -0.1) is 0 Å². The maximum Gasteiger partial charge on any atom is 0.242 e. The van der Waals surface area contributed by atoms with Crippen molar-refractivity contribution in [2.75, 3.05) is 13.1 Å². The third-order valence-corrected chi connectivity index (χ3v) is 5.78. The summed E-state index contributed by atoms with van der Waals surface area (Å²) in [6.45, 7) is 1.93. The van der Waals surface area contributed by atoms with E-state index in [9.17, 15) is 4.79 Å². The number of piperidine rings is 1. The Balaban J connectivity index is 1.69. The molecule has 1 heterocycles. The molecule has 2 N–H and O–H groups in total. The average molecular weight is 264 g/mol. The third-order valence-electron chi connectivity index (χ3n) is 5.78. The summed E-state index contributed by atoms with van der Waals surface area (Å²) in [4.78, 5) is 14.9. The Morgan fingerprint density at radius 3 is 2.11 bits per heavy atom. The van der Waals surface area contributed by atoms with Crippen LogP contribution in [0, 0.1) is 5.41 Å². The SMILES string of the molecule is NC1(C(=O)N2CCCC3(CCCCC3)C2)CCCC1. The number of carbonyl (C=O) groups excluding carboxylic acids is 1. The molecule has 1 amide bonds. The molecular formula is C16H28N2O. The van der Waals surface area contributed by atoms with E-state index in [1.54, 1.807) is 0 Å². The zero-order chi connectivity index (χ0) is 13.3. The second kappa shape index (κ2) is 5.08. The number of amides is 1. The van der Waals surface area contributed by atoms with Gasteiger partial charge in [0.2, 0.25) is 5.91 Å². The van der Waals surface area contributed by atoms with Gasteiger partial charge in [-0.05, 0) is 43.9 Å². The normalized spacial score (nSPS) is 29.6. The highest BCUT2D eigenvalue weighted by Gasteiger charge is 2.44. The lowest BCUT2D eigenvalue weighted by Crippen LogP contribution is -2.57. The fourth-order valence-corrected chi connectivity index (χ4v) is 4.63. The molecule has 108 valence electrons. The summed E-state index contributed by atoms with van der Waals surface area (Å²) < 4.78 is 0. The maximum atomic E-state index is 12.7. The molecule has 1 saturated heterocycles. The highest BCUT2D eigenvalue weighted by Crippen LogP contribution is 2.44. The number of rotatable bonds is 1. The van der Waals surface area contributed by atoms with Gasteiger partial charge in [-0.25, -0.2) is 0 Å². The molecule has 1 aliphatic heterocycles. The highest BCUT2D eigenvalue weighted by atomic mass is 16.2. The van der Waals surface area contributed by atoms with Gasteiger partial charge in [0.15, 0.2) is 0 Å². The van der Waals surface area contributed by atoms with Gasteiger partial charge < -0.3 is 10.6 Å². The highest BCUT2D eigenvalue weighted by molar-refractivity contribution is 5.86. The molecule has 3 heteroatoms. The molecule has 0 atom stereocenters. The lowest BCUT2D eigenvalue weighted by molar-refractivity contribution is -0.141. The van der Waals surface area contributed by atoms with Crippen LogP contribution in [0.25, 0.3) is 0 Å². The van der Waals surface area contributed by atoms with E-state index in [-0.39, 0.29) is 5.91 Å². The predicted molar refractivity (Wildman–Crippen MR) is 76.7 cm³/mol. The first-order chi connectivity index (χ1) is 9.14. The number of hydrogen-bond acceptors (Lipinski definition) is 2. The van der Waals surface area contributed by atoms with E-state index in [1.165, 1.54) is 44.9 Å². The van der Waals surface area contributed by atoms with Crippen LogP contribution in [0.4, 0.5) is 0 Å². The summed E-state index contributed by atoms with van der Waals surface area (Å²) in [5.74, 6) is 0.259. The van der Waals surface area contributed by atoms with Gasteiger partial charge in [-0.2, -0.15) is 0 Å². The van der Waals surface area contributed by atoms with Crippen LogP contribution in [-0.2, 0) is 4.79 Å². The van der Waals surface area contributed by atoms with E-state index in [4.69, 9.17) is 5.73 Å². The molecule has 0 aromatic rings. The quantitative estimate of drug-likeness (QED) is 0.791. The Kier molecular flexibility index (Phi) is 3.59. The third kappa shape index (κ3) is 2.54. The minimum absolute atomic E-state index is 0.259. The largest absolute Gasteiger partial charge is 0.341 e. The minimum Gasteiger partial charge on any atom is -0.341 e. The number of carbonyl (C=O) groups is 1. The number of nitrogens with two attached hydrogens (primary N) is 1. The second-order valence-corrected chi connectivity index (χ2v) is 7.25. The first kappa shape index (κ1) is 13.4. The molecule has 0 aromatic heterocycles. The molecule has 1 spiro atoms. The Morgan fingerprint density at radius 1 is 0.842 bits per heavy atom. The summed E-state index contributed by atoms with van der Waals surface area (Å²) in [7, 11) is 0. The van der Waals surface area contributed by atoms with E-state index in [2.05, 4.69) is 4.90 Å². The summed E-state index contributed by atoms with van der Waals surface area (Å²) >= 11 is 0. The van der Waals surface area contributed by atoms with Crippen LogP contribution in [0.2, 0.25) is 0 Å². The molecule has 3 fully saturated rings. The second-order valence-electron chi connectivity index (χ2n) is 7.25. The van der Waals surface area contributed by atoms with E-state index >= 15 is 0 Å². The van der Waals surface area contributed by atoms with Crippen molar-refractivity contribution >= 4 is 5.91 Å². The van der Waals surface area contributed by atoms with Crippen molar-refractivity contribution in [2.24, 2.45) is 11.1 Å². The van der Waals surface area contributed by atoms with Crippen molar-refractivity contribution in [3.63, 3.8) is 0 Å².